The molecule has 0 saturated carbocycles. The maximum atomic E-state index is 12.2. The molecule has 2 aromatic carbocycles. The van der Waals surface area contributed by atoms with Crippen molar-refractivity contribution in [3.05, 3.63) is 64.0 Å². The van der Waals surface area contributed by atoms with Crippen LogP contribution >= 0.6 is 0 Å². The molecule has 6 nitrogen and oxygen atoms in total. The number of ether oxygens (including phenoxy) is 3. The molecule has 0 spiro atoms. The fraction of sp³-hybridized carbons (Fsp3) is 0.348. The van der Waals surface area contributed by atoms with Crippen molar-refractivity contribution in [3.63, 3.8) is 0 Å². The van der Waals surface area contributed by atoms with Gasteiger partial charge >= 0.3 is 5.63 Å². The predicted molar refractivity (Wildman–Crippen MR) is 109 cm³/mol. The third kappa shape index (κ3) is 4.22. The van der Waals surface area contributed by atoms with E-state index in [1.807, 2.05) is 6.07 Å². The highest BCUT2D eigenvalue weighted by Gasteiger charge is 2.21. The Morgan fingerprint density at radius 1 is 0.966 bits per heavy atom. The number of fused-ring (bicyclic) bond motifs is 3. The third-order valence-electron chi connectivity index (χ3n) is 5.14. The Balaban J connectivity index is 1.45. The number of methoxy groups -OCH3 is 1. The smallest absolute Gasteiger partial charge is 0.339 e. The molecule has 0 fully saturated rings. The fourth-order valence-corrected chi connectivity index (χ4v) is 3.68. The zero-order chi connectivity index (χ0) is 20.2. The minimum Gasteiger partial charge on any atom is -0.497 e. The van der Waals surface area contributed by atoms with Crippen molar-refractivity contribution in [1.29, 1.82) is 0 Å². The molecule has 3 aromatic rings. The molecule has 1 N–H and O–H groups in total. The van der Waals surface area contributed by atoms with Crippen LogP contribution in [0.3, 0.4) is 0 Å². The third-order valence-corrected chi connectivity index (χ3v) is 5.14. The van der Waals surface area contributed by atoms with Crippen molar-refractivity contribution in [2.45, 2.75) is 31.8 Å². The average Bonchev–Trinajstić information content (AvgIpc) is 2.76. The number of hydrogen-bond donors (Lipinski definition) is 1. The summed E-state index contributed by atoms with van der Waals surface area (Å²) in [6.45, 7) is 0.174. The molecule has 1 atom stereocenters. The lowest BCUT2D eigenvalue weighted by Crippen LogP contribution is -2.25. The van der Waals surface area contributed by atoms with Gasteiger partial charge in [-0.1, -0.05) is 6.07 Å². The van der Waals surface area contributed by atoms with Crippen LogP contribution in [0.25, 0.3) is 11.0 Å². The quantitative estimate of drug-likeness (QED) is 0.616. The van der Waals surface area contributed by atoms with Crippen molar-refractivity contribution in [1.82, 2.24) is 0 Å². The van der Waals surface area contributed by atoms with Crippen LogP contribution in [0.1, 0.15) is 24.0 Å². The fourth-order valence-electron chi connectivity index (χ4n) is 3.68. The van der Waals surface area contributed by atoms with E-state index in [2.05, 4.69) is 0 Å². The topological polar surface area (TPSA) is 78.1 Å². The molecule has 0 saturated heterocycles. The lowest BCUT2D eigenvalue weighted by molar-refractivity contribution is 0.0631. The van der Waals surface area contributed by atoms with E-state index in [9.17, 15) is 9.90 Å². The Labute approximate surface area is 168 Å². The zero-order valence-electron chi connectivity index (χ0n) is 16.3. The van der Waals surface area contributed by atoms with E-state index in [0.29, 0.717) is 17.1 Å². The van der Waals surface area contributed by atoms with Gasteiger partial charge in [-0.3, -0.25) is 0 Å². The highest BCUT2D eigenvalue weighted by Crippen LogP contribution is 2.33. The molecule has 29 heavy (non-hydrogen) atoms. The van der Waals surface area contributed by atoms with E-state index in [1.165, 1.54) is 0 Å². The molecule has 1 aliphatic carbocycles. The first kappa shape index (κ1) is 19.3. The van der Waals surface area contributed by atoms with Gasteiger partial charge in [0.2, 0.25) is 0 Å². The van der Waals surface area contributed by atoms with Gasteiger partial charge in [0.25, 0.3) is 0 Å². The zero-order valence-corrected chi connectivity index (χ0v) is 16.3. The van der Waals surface area contributed by atoms with E-state index in [0.717, 1.165) is 47.9 Å². The average molecular weight is 396 g/mol. The summed E-state index contributed by atoms with van der Waals surface area (Å²) in [7, 11) is 1.60. The Morgan fingerprint density at radius 3 is 2.41 bits per heavy atom. The van der Waals surface area contributed by atoms with E-state index in [-0.39, 0.29) is 18.8 Å². The van der Waals surface area contributed by atoms with E-state index < -0.39 is 6.10 Å². The standard InChI is InChI=1S/C23H24O6/c1-26-16-9-11-17(12-10-16)27-13-15(24)14-28-20-7-4-8-21-22(20)18-5-2-3-6-19(18)23(25)29-21/h4,7-12,15,24H,2-3,5-6,13-14H2,1H3. The molecule has 1 aromatic heterocycles. The Kier molecular flexibility index (Phi) is 5.71. The van der Waals surface area contributed by atoms with Crippen LogP contribution in [0.2, 0.25) is 0 Å². The number of aliphatic hydroxyl groups is 1. The molecule has 0 bridgehead atoms. The molecule has 1 unspecified atom stereocenters. The maximum Gasteiger partial charge on any atom is 0.339 e. The van der Waals surface area contributed by atoms with Gasteiger partial charge in [0.1, 0.15) is 42.1 Å². The summed E-state index contributed by atoms with van der Waals surface area (Å²) < 4.78 is 22.1. The van der Waals surface area contributed by atoms with E-state index >= 15 is 0 Å². The van der Waals surface area contributed by atoms with Gasteiger partial charge in [0.15, 0.2) is 0 Å². The highest BCUT2D eigenvalue weighted by molar-refractivity contribution is 5.87. The van der Waals surface area contributed by atoms with Gasteiger partial charge < -0.3 is 23.7 Å². The summed E-state index contributed by atoms with van der Waals surface area (Å²) in [6.07, 6.45) is 2.80. The first-order valence-corrected chi connectivity index (χ1v) is 9.81. The van der Waals surface area contributed by atoms with Gasteiger partial charge in [-0.2, -0.15) is 0 Å². The molecule has 1 heterocycles. The van der Waals surface area contributed by atoms with Crippen molar-refractivity contribution in [2.75, 3.05) is 20.3 Å². The number of hydrogen-bond acceptors (Lipinski definition) is 6. The Morgan fingerprint density at radius 2 is 1.66 bits per heavy atom. The summed E-state index contributed by atoms with van der Waals surface area (Å²) in [5.41, 5.74) is 2.04. The molecule has 152 valence electrons. The van der Waals surface area contributed by atoms with Gasteiger partial charge in [-0.15, -0.1) is 0 Å². The van der Waals surface area contributed by atoms with Crippen LogP contribution in [0.15, 0.2) is 51.7 Å². The number of aryl methyl sites for hydroxylation is 1. The van der Waals surface area contributed by atoms with Crippen LogP contribution in [0, 0.1) is 0 Å². The van der Waals surface area contributed by atoms with Crippen LogP contribution in [0.5, 0.6) is 17.2 Å². The van der Waals surface area contributed by atoms with Crippen LogP contribution in [-0.4, -0.2) is 31.5 Å². The number of aliphatic hydroxyl groups excluding tert-OH is 1. The first-order valence-electron chi connectivity index (χ1n) is 9.81. The van der Waals surface area contributed by atoms with Crippen LogP contribution < -0.4 is 19.8 Å². The highest BCUT2D eigenvalue weighted by atomic mass is 16.5. The van der Waals surface area contributed by atoms with Crippen LogP contribution in [-0.2, 0) is 12.8 Å². The Hall–Kier alpha value is -2.99. The molecule has 6 heteroatoms. The summed E-state index contributed by atoms with van der Waals surface area (Å²) in [4.78, 5) is 12.2. The van der Waals surface area contributed by atoms with Gasteiger partial charge in [0.05, 0.1) is 12.5 Å². The van der Waals surface area contributed by atoms with Crippen molar-refractivity contribution in [2.24, 2.45) is 0 Å². The second kappa shape index (κ2) is 8.57. The van der Waals surface area contributed by atoms with Gasteiger partial charge in [-0.05, 0) is 67.6 Å². The second-order valence-corrected chi connectivity index (χ2v) is 7.13. The molecule has 4 rings (SSSR count). The van der Waals surface area contributed by atoms with Crippen LogP contribution in [0.4, 0.5) is 0 Å². The first-order chi connectivity index (χ1) is 14.2. The normalized spacial score (nSPS) is 14.3. The largest absolute Gasteiger partial charge is 0.497 e. The van der Waals surface area contributed by atoms with Crippen molar-refractivity contribution >= 4 is 11.0 Å². The van der Waals surface area contributed by atoms with Crippen molar-refractivity contribution in [3.8, 4) is 17.2 Å². The Bertz CT molecular complexity index is 1040. The SMILES string of the molecule is COc1ccc(OCC(O)COc2cccc3oc(=O)c4c(c23)CCCC4)cc1. The summed E-state index contributed by atoms with van der Waals surface area (Å²) in [5, 5.41) is 11.1. The molecule has 0 radical (unpaired) electrons. The lowest BCUT2D eigenvalue weighted by atomic mass is 9.90. The minimum absolute atomic E-state index is 0.0726. The molecular formula is C23H24O6. The summed E-state index contributed by atoms with van der Waals surface area (Å²) in [5.74, 6) is 2.01. The maximum absolute atomic E-state index is 12.2. The molecular weight excluding hydrogens is 372 g/mol. The monoisotopic (exact) mass is 396 g/mol. The van der Waals surface area contributed by atoms with Crippen molar-refractivity contribution < 1.29 is 23.7 Å². The molecule has 0 amide bonds. The number of benzene rings is 2. The molecule has 1 aliphatic rings. The second-order valence-electron chi connectivity index (χ2n) is 7.13. The van der Waals surface area contributed by atoms with E-state index in [4.69, 9.17) is 18.6 Å². The predicted octanol–water partition coefficient (Wildman–Crippen LogP) is 3.50. The number of rotatable bonds is 7. The van der Waals surface area contributed by atoms with Gasteiger partial charge in [-0.25, -0.2) is 4.79 Å². The van der Waals surface area contributed by atoms with Gasteiger partial charge in [0, 0.05) is 5.56 Å². The minimum atomic E-state index is -0.807. The summed E-state index contributed by atoms with van der Waals surface area (Å²) in [6, 6.07) is 12.6. The lowest BCUT2D eigenvalue weighted by Gasteiger charge is -2.19. The summed E-state index contributed by atoms with van der Waals surface area (Å²) >= 11 is 0. The van der Waals surface area contributed by atoms with E-state index in [1.54, 1.807) is 43.5 Å². The molecule has 0 aliphatic heterocycles.